The molecule has 60 valence electrons. The summed E-state index contributed by atoms with van der Waals surface area (Å²) in [6, 6.07) is 0. The Balaban J connectivity index is 2.01. The molecule has 1 aliphatic rings. The molecule has 0 aromatic carbocycles. The van der Waals surface area contributed by atoms with Crippen molar-refractivity contribution in [3.63, 3.8) is 0 Å². The zero-order valence-electron chi connectivity index (χ0n) is 6.42. The Morgan fingerprint density at radius 1 is 1.70 bits per heavy atom. The number of hydroxylamine groups is 2. The van der Waals surface area contributed by atoms with Crippen LogP contribution in [-0.2, 0) is 4.74 Å². The van der Waals surface area contributed by atoms with E-state index >= 15 is 0 Å². The molecule has 0 radical (unpaired) electrons. The molecule has 0 spiro atoms. The molecule has 3 nitrogen and oxygen atoms in total. The smallest absolute Gasteiger partial charge is 0.0495 e. The van der Waals surface area contributed by atoms with Crippen molar-refractivity contribution in [1.82, 2.24) is 5.06 Å². The first-order valence-corrected chi connectivity index (χ1v) is 3.77. The van der Waals surface area contributed by atoms with Gasteiger partial charge in [0.15, 0.2) is 0 Å². The Bertz CT molecular complexity index is 89.6. The van der Waals surface area contributed by atoms with Crippen molar-refractivity contribution in [2.24, 2.45) is 5.92 Å². The quantitative estimate of drug-likeness (QED) is 0.594. The van der Waals surface area contributed by atoms with E-state index < -0.39 is 0 Å². The lowest BCUT2D eigenvalue weighted by atomic mass is 10.1. The van der Waals surface area contributed by atoms with Gasteiger partial charge in [-0.25, -0.2) is 0 Å². The van der Waals surface area contributed by atoms with Gasteiger partial charge in [0.05, 0.1) is 0 Å². The molecule has 10 heavy (non-hydrogen) atoms. The van der Waals surface area contributed by atoms with Crippen molar-refractivity contribution >= 4 is 0 Å². The summed E-state index contributed by atoms with van der Waals surface area (Å²) in [5, 5.41) is 10.0. The van der Waals surface area contributed by atoms with Gasteiger partial charge in [-0.05, 0) is 18.8 Å². The predicted octanol–water partition coefficient (Wildman–Crippen LogP) is 0.734. The summed E-state index contributed by atoms with van der Waals surface area (Å²) >= 11 is 0. The second kappa shape index (κ2) is 3.91. The molecule has 0 amide bonds. The van der Waals surface area contributed by atoms with Crippen LogP contribution in [0.1, 0.15) is 12.8 Å². The van der Waals surface area contributed by atoms with Crippen LogP contribution >= 0.6 is 0 Å². The molecule has 1 atom stereocenters. The standard InChI is InChI=1S/C7H15NO2/c1-8(9)4-2-7-3-5-10-6-7/h7,9H,2-6H2,1H3. The molecule has 3 heteroatoms. The lowest BCUT2D eigenvalue weighted by molar-refractivity contribution is -0.0681. The zero-order valence-corrected chi connectivity index (χ0v) is 6.42. The lowest BCUT2D eigenvalue weighted by Crippen LogP contribution is -2.17. The maximum atomic E-state index is 8.81. The summed E-state index contributed by atoms with van der Waals surface area (Å²) in [7, 11) is 1.68. The molecule has 1 fully saturated rings. The van der Waals surface area contributed by atoms with Gasteiger partial charge in [0.2, 0.25) is 0 Å². The van der Waals surface area contributed by atoms with Crippen LogP contribution in [0.4, 0.5) is 0 Å². The Morgan fingerprint density at radius 3 is 3.00 bits per heavy atom. The van der Waals surface area contributed by atoms with Crippen LogP contribution in [0, 0.1) is 5.92 Å². The molecule has 1 unspecified atom stereocenters. The van der Waals surface area contributed by atoms with Gasteiger partial charge in [0, 0.05) is 26.8 Å². The maximum absolute atomic E-state index is 8.81. The molecule has 0 aromatic rings. The Hall–Kier alpha value is -0.120. The summed E-state index contributed by atoms with van der Waals surface area (Å²) in [5.74, 6) is 0.676. The minimum absolute atomic E-state index is 0.676. The van der Waals surface area contributed by atoms with E-state index in [1.807, 2.05) is 0 Å². The minimum atomic E-state index is 0.676. The van der Waals surface area contributed by atoms with Gasteiger partial charge in [0.25, 0.3) is 0 Å². The van der Waals surface area contributed by atoms with Crippen LogP contribution in [0.25, 0.3) is 0 Å². The monoisotopic (exact) mass is 145 g/mol. The van der Waals surface area contributed by atoms with Gasteiger partial charge in [-0.3, -0.25) is 0 Å². The molecule has 1 N–H and O–H groups in total. The first kappa shape index (κ1) is 7.98. The van der Waals surface area contributed by atoms with Crippen molar-refractivity contribution in [3.8, 4) is 0 Å². The van der Waals surface area contributed by atoms with Gasteiger partial charge in [-0.1, -0.05) is 0 Å². The summed E-state index contributed by atoms with van der Waals surface area (Å²) in [5.41, 5.74) is 0. The first-order chi connectivity index (χ1) is 4.79. The topological polar surface area (TPSA) is 32.7 Å². The molecule has 1 saturated heterocycles. The summed E-state index contributed by atoms with van der Waals surface area (Å²) in [6.07, 6.45) is 2.21. The van der Waals surface area contributed by atoms with E-state index in [0.717, 1.165) is 32.6 Å². The van der Waals surface area contributed by atoms with Gasteiger partial charge in [-0.15, -0.1) is 0 Å². The van der Waals surface area contributed by atoms with Gasteiger partial charge < -0.3 is 9.94 Å². The fraction of sp³-hybridized carbons (Fsp3) is 1.00. The molecular weight excluding hydrogens is 130 g/mol. The Labute approximate surface area is 61.5 Å². The second-order valence-corrected chi connectivity index (χ2v) is 2.90. The molecule has 1 heterocycles. The van der Waals surface area contributed by atoms with E-state index in [0.29, 0.717) is 5.92 Å². The van der Waals surface area contributed by atoms with E-state index in [-0.39, 0.29) is 0 Å². The fourth-order valence-electron chi connectivity index (χ4n) is 1.18. The van der Waals surface area contributed by atoms with Crippen LogP contribution in [0.2, 0.25) is 0 Å². The molecule has 0 saturated carbocycles. The van der Waals surface area contributed by atoms with Crippen LogP contribution < -0.4 is 0 Å². The van der Waals surface area contributed by atoms with Gasteiger partial charge in [-0.2, -0.15) is 5.06 Å². The summed E-state index contributed by atoms with van der Waals surface area (Å²) in [6.45, 7) is 2.54. The van der Waals surface area contributed by atoms with E-state index in [1.54, 1.807) is 7.05 Å². The molecule has 0 aromatic heterocycles. The fourth-order valence-corrected chi connectivity index (χ4v) is 1.18. The van der Waals surface area contributed by atoms with Crippen molar-refractivity contribution < 1.29 is 9.94 Å². The highest BCUT2D eigenvalue weighted by Crippen LogP contribution is 2.15. The van der Waals surface area contributed by atoms with Crippen molar-refractivity contribution in [3.05, 3.63) is 0 Å². The third kappa shape index (κ3) is 2.64. The average molecular weight is 145 g/mol. The van der Waals surface area contributed by atoms with Crippen molar-refractivity contribution in [2.75, 3.05) is 26.8 Å². The second-order valence-electron chi connectivity index (χ2n) is 2.90. The first-order valence-electron chi connectivity index (χ1n) is 3.77. The van der Waals surface area contributed by atoms with Crippen LogP contribution in [-0.4, -0.2) is 37.1 Å². The highest BCUT2D eigenvalue weighted by atomic mass is 16.5. The molecule has 1 aliphatic heterocycles. The molecule has 0 bridgehead atoms. The molecule has 1 rings (SSSR count). The van der Waals surface area contributed by atoms with Crippen LogP contribution in [0.3, 0.4) is 0 Å². The minimum Gasteiger partial charge on any atom is -0.381 e. The largest absolute Gasteiger partial charge is 0.381 e. The average Bonchev–Trinajstić information content (AvgIpc) is 2.34. The Kier molecular flexibility index (Phi) is 3.12. The van der Waals surface area contributed by atoms with Crippen LogP contribution in [0.5, 0.6) is 0 Å². The lowest BCUT2D eigenvalue weighted by Gasteiger charge is -2.10. The third-order valence-corrected chi connectivity index (χ3v) is 1.88. The van der Waals surface area contributed by atoms with Crippen LogP contribution in [0.15, 0.2) is 0 Å². The van der Waals surface area contributed by atoms with Gasteiger partial charge >= 0.3 is 0 Å². The van der Waals surface area contributed by atoms with Gasteiger partial charge in [0.1, 0.15) is 0 Å². The van der Waals surface area contributed by atoms with E-state index in [1.165, 1.54) is 5.06 Å². The number of hydrogen-bond acceptors (Lipinski definition) is 3. The maximum Gasteiger partial charge on any atom is 0.0495 e. The SMILES string of the molecule is CN(O)CCC1CCOC1. The molecular formula is C7H15NO2. The summed E-state index contributed by atoms with van der Waals surface area (Å²) < 4.78 is 5.19. The third-order valence-electron chi connectivity index (χ3n) is 1.88. The van der Waals surface area contributed by atoms with Crippen molar-refractivity contribution in [1.29, 1.82) is 0 Å². The predicted molar refractivity (Wildman–Crippen MR) is 38.0 cm³/mol. The van der Waals surface area contributed by atoms with E-state index in [4.69, 9.17) is 9.94 Å². The van der Waals surface area contributed by atoms with E-state index in [9.17, 15) is 0 Å². The number of ether oxygens (including phenoxy) is 1. The molecule has 0 aliphatic carbocycles. The zero-order chi connectivity index (χ0) is 7.40. The number of rotatable bonds is 3. The van der Waals surface area contributed by atoms with E-state index in [2.05, 4.69) is 0 Å². The van der Waals surface area contributed by atoms with Crippen molar-refractivity contribution in [2.45, 2.75) is 12.8 Å². The summed E-state index contributed by atoms with van der Waals surface area (Å²) in [4.78, 5) is 0. The number of hydrogen-bond donors (Lipinski definition) is 1. The highest BCUT2D eigenvalue weighted by molar-refractivity contribution is 4.64. The highest BCUT2D eigenvalue weighted by Gasteiger charge is 2.15. The normalized spacial score (nSPS) is 26.1. The number of nitrogens with zero attached hydrogens (tertiary/aromatic N) is 1. The Morgan fingerprint density at radius 2 is 2.50 bits per heavy atom.